The second-order valence-electron chi connectivity index (χ2n) is 6.19. The molecule has 1 amide bonds. The van der Waals surface area contributed by atoms with Crippen LogP contribution in [-0.4, -0.2) is 33.4 Å². The molecule has 0 aliphatic heterocycles. The molecule has 25 heavy (non-hydrogen) atoms. The molecule has 1 aromatic heterocycles. The van der Waals surface area contributed by atoms with E-state index < -0.39 is 11.2 Å². The zero-order chi connectivity index (χ0) is 18.0. The van der Waals surface area contributed by atoms with Gasteiger partial charge in [0.2, 0.25) is 5.91 Å². The molecule has 0 saturated carbocycles. The summed E-state index contributed by atoms with van der Waals surface area (Å²) in [5, 5.41) is 8.87. The smallest absolute Gasteiger partial charge is 0.328 e. The molecule has 0 saturated heterocycles. The summed E-state index contributed by atoms with van der Waals surface area (Å²) < 4.78 is 1.19. The SMILES string of the molecule is CN(C(=O)CCn1cc(C#N)c(=O)[nH]c1=O)C1Cc2ccccc2C1. The Bertz CT molecular complexity index is 942. The van der Waals surface area contributed by atoms with Crippen LogP contribution in [0.3, 0.4) is 0 Å². The van der Waals surface area contributed by atoms with Crippen molar-refractivity contribution in [3.8, 4) is 6.07 Å². The van der Waals surface area contributed by atoms with Gasteiger partial charge in [-0.15, -0.1) is 0 Å². The van der Waals surface area contributed by atoms with Gasteiger partial charge in [0.25, 0.3) is 5.56 Å². The van der Waals surface area contributed by atoms with Crippen LogP contribution in [0.5, 0.6) is 0 Å². The Morgan fingerprint density at radius 1 is 1.32 bits per heavy atom. The first kappa shape index (κ1) is 16.7. The van der Waals surface area contributed by atoms with Crippen LogP contribution < -0.4 is 11.2 Å². The number of aryl methyl sites for hydroxylation is 1. The largest absolute Gasteiger partial charge is 0.342 e. The van der Waals surface area contributed by atoms with Gasteiger partial charge in [-0.3, -0.25) is 19.1 Å². The quantitative estimate of drug-likeness (QED) is 0.873. The molecule has 0 unspecified atom stereocenters. The Balaban J connectivity index is 1.65. The van der Waals surface area contributed by atoms with E-state index in [4.69, 9.17) is 5.26 Å². The van der Waals surface area contributed by atoms with Crippen LogP contribution in [-0.2, 0) is 24.2 Å². The van der Waals surface area contributed by atoms with Crippen molar-refractivity contribution in [1.82, 2.24) is 14.5 Å². The highest BCUT2D eigenvalue weighted by molar-refractivity contribution is 5.76. The standard InChI is InChI=1S/C18H18N4O3/c1-21(15-8-12-4-2-3-5-13(12)9-15)16(23)6-7-22-11-14(10-19)17(24)20-18(22)25/h2-5,11,15H,6-9H2,1H3,(H,20,24,25). The van der Waals surface area contributed by atoms with Crippen LogP contribution in [0.2, 0.25) is 0 Å². The lowest BCUT2D eigenvalue weighted by molar-refractivity contribution is -0.132. The number of rotatable bonds is 4. The number of carbonyl (C=O) groups is 1. The van der Waals surface area contributed by atoms with Crippen molar-refractivity contribution in [2.75, 3.05) is 7.05 Å². The second-order valence-corrected chi connectivity index (χ2v) is 6.19. The fraction of sp³-hybridized carbons (Fsp3) is 0.333. The fourth-order valence-corrected chi connectivity index (χ4v) is 3.16. The highest BCUT2D eigenvalue weighted by Gasteiger charge is 2.27. The zero-order valence-electron chi connectivity index (χ0n) is 13.9. The van der Waals surface area contributed by atoms with Gasteiger partial charge < -0.3 is 4.90 Å². The van der Waals surface area contributed by atoms with E-state index in [0.29, 0.717) is 0 Å². The van der Waals surface area contributed by atoms with Gasteiger partial charge in [-0.1, -0.05) is 24.3 Å². The topological polar surface area (TPSA) is 99.0 Å². The molecule has 2 aromatic rings. The number of aromatic nitrogens is 2. The fourth-order valence-electron chi connectivity index (χ4n) is 3.16. The third-order valence-electron chi connectivity index (χ3n) is 4.67. The lowest BCUT2D eigenvalue weighted by Crippen LogP contribution is -2.39. The Kier molecular flexibility index (Phi) is 4.52. The van der Waals surface area contributed by atoms with Gasteiger partial charge in [0.15, 0.2) is 0 Å². The highest BCUT2D eigenvalue weighted by atomic mass is 16.2. The molecule has 7 heteroatoms. The number of hydrogen-bond acceptors (Lipinski definition) is 4. The highest BCUT2D eigenvalue weighted by Crippen LogP contribution is 2.25. The number of carbonyl (C=O) groups excluding carboxylic acids is 1. The maximum Gasteiger partial charge on any atom is 0.328 e. The first-order valence-corrected chi connectivity index (χ1v) is 8.06. The number of likely N-dealkylation sites (N-methyl/N-ethyl adjacent to an activating group) is 1. The Morgan fingerprint density at radius 2 is 1.96 bits per heavy atom. The van der Waals surface area contributed by atoms with E-state index in [1.807, 2.05) is 12.1 Å². The molecular formula is C18H18N4O3. The van der Waals surface area contributed by atoms with Crippen LogP contribution in [0, 0.1) is 11.3 Å². The third-order valence-corrected chi connectivity index (χ3v) is 4.67. The van der Waals surface area contributed by atoms with Crippen LogP contribution in [0.4, 0.5) is 0 Å². The van der Waals surface area contributed by atoms with Crippen molar-refractivity contribution in [2.45, 2.75) is 31.8 Å². The Hall–Kier alpha value is -3.14. The zero-order valence-corrected chi connectivity index (χ0v) is 13.9. The minimum Gasteiger partial charge on any atom is -0.342 e. The van der Waals surface area contributed by atoms with Crippen molar-refractivity contribution in [3.05, 3.63) is 68.0 Å². The van der Waals surface area contributed by atoms with Crippen molar-refractivity contribution < 1.29 is 4.79 Å². The summed E-state index contributed by atoms with van der Waals surface area (Å²) in [7, 11) is 1.77. The molecule has 3 rings (SSSR count). The molecule has 1 aliphatic rings. The number of benzene rings is 1. The van der Waals surface area contributed by atoms with E-state index in [9.17, 15) is 14.4 Å². The minimum atomic E-state index is -0.712. The average molecular weight is 338 g/mol. The van der Waals surface area contributed by atoms with E-state index in [1.165, 1.54) is 21.9 Å². The van der Waals surface area contributed by atoms with Crippen LogP contribution in [0.1, 0.15) is 23.1 Å². The molecule has 1 N–H and O–H groups in total. The maximum atomic E-state index is 12.5. The van der Waals surface area contributed by atoms with E-state index >= 15 is 0 Å². The van der Waals surface area contributed by atoms with Crippen molar-refractivity contribution in [2.24, 2.45) is 0 Å². The summed E-state index contributed by atoms with van der Waals surface area (Å²) >= 11 is 0. The lowest BCUT2D eigenvalue weighted by atomic mass is 10.1. The number of nitrogens with one attached hydrogen (secondary N) is 1. The molecule has 0 bridgehead atoms. The predicted octanol–water partition coefficient (Wildman–Crippen LogP) is 0.424. The Morgan fingerprint density at radius 3 is 2.56 bits per heavy atom. The van der Waals surface area contributed by atoms with Gasteiger partial charge in [0.1, 0.15) is 11.6 Å². The molecule has 1 heterocycles. The minimum absolute atomic E-state index is 0.0746. The number of nitriles is 1. The first-order chi connectivity index (χ1) is 12.0. The van der Waals surface area contributed by atoms with Gasteiger partial charge in [-0.25, -0.2) is 4.79 Å². The Labute approximate surface area is 144 Å². The number of H-pyrrole nitrogens is 1. The van der Waals surface area contributed by atoms with Gasteiger partial charge in [0.05, 0.1) is 0 Å². The molecule has 1 aliphatic carbocycles. The van der Waals surface area contributed by atoms with E-state index in [2.05, 4.69) is 17.1 Å². The molecule has 7 nitrogen and oxygen atoms in total. The number of aromatic amines is 1. The summed E-state index contributed by atoms with van der Waals surface area (Å²) in [6, 6.07) is 10.0. The van der Waals surface area contributed by atoms with Gasteiger partial charge in [-0.2, -0.15) is 5.26 Å². The molecular weight excluding hydrogens is 320 g/mol. The molecule has 1 aromatic carbocycles. The van der Waals surface area contributed by atoms with Crippen LogP contribution >= 0.6 is 0 Å². The summed E-state index contributed by atoms with van der Waals surface area (Å²) in [5.41, 5.74) is 1.06. The maximum absolute atomic E-state index is 12.5. The second kappa shape index (κ2) is 6.77. The van der Waals surface area contributed by atoms with Crippen LogP contribution in [0.15, 0.2) is 40.1 Å². The molecule has 128 valence electrons. The number of nitrogens with zero attached hydrogens (tertiary/aromatic N) is 3. The summed E-state index contributed by atoms with van der Waals surface area (Å²) in [4.78, 5) is 39.4. The molecule has 0 radical (unpaired) electrons. The monoisotopic (exact) mass is 338 g/mol. The summed E-state index contributed by atoms with van der Waals surface area (Å²) in [6.45, 7) is 0.118. The summed E-state index contributed by atoms with van der Waals surface area (Å²) in [6.07, 6.45) is 2.98. The van der Waals surface area contributed by atoms with Gasteiger partial charge >= 0.3 is 5.69 Å². The van der Waals surface area contributed by atoms with Crippen molar-refractivity contribution in [1.29, 1.82) is 5.26 Å². The number of fused-ring (bicyclic) bond motifs is 1. The first-order valence-electron chi connectivity index (χ1n) is 8.06. The number of amides is 1. The van der Waals surface area contributed by atoms with Crippen molar-refractivity contribution in [3.63, 3.8) is 0 Å². The van der Waals surface area contributed by atoms with Gasteiger partial charge in [0, 0.05) is 32.3 Å². The van der Waals surface area contributed by atoms with E-state index in [-0.39, 0.29) is 30.5 Å². The van der Waals surface area contributed by atoms with Crippen LogP contribution in [0.25, 0.3) is 0 Å². The summed E-state index contributed by atoms with van der Waals surface area (Å²) in [5.74, 6) is -0.0746. The lowest BCUT2D eigenvalue weighted by Gasteiger charge is -2.24. The molecule has 0 spiro atoms. The predicted molar refractivity (Wildman–Crippen MR) is 91.1 cm³/mol. The number of hydrogen-bond donors (Lipinski definition) is 1. The van der Waals surface area contributed by atoms with E-state index in [0.717, 1.165) is 12.8 Å². The normalized spacial score (nSPS) is 13.3. The van der Waals surface area contributed by atoms with Gasteiger partial charge in [-0.05, 0) is 24.0 Å². The van der Waals surface area contributed by atoms with Crippen molar-refractivity contribution >= 4 is 5.91 Å². The third kappa shape index (κ3) is 3.38. The molecule has 0 fully saturated rings. The average Bonchev–Trinajstić information content (AvgIpc) is 3.04. The molecule has 0 atom stereocenters. The van der Waals surface area contributed by atoms with E-state index in [1.54, 1.807) is 18.0 Å².